The van der Waals surface area contributed by atoms with E-state index in [0.29, 0.717) is 30.5 Å². The molecule has 3 saturated heterocycles. The first-order chi connectivity index (χ1) is 28.8. The Morgan fingerprint density at radius 2 is 1.68 bits per heavy atom. The van der Waals surface area contributed by atoms with Gasteiger partial charge in [0, 0.05) is 130 Å². The second-order valence-corrected chi connectivity index (χ2v) is 17.8. The molecule has 1 atom stereocenters. The summed E-state index contributed by atoms with van der Waals surface area (Å²) in [4.78, 5) is 69.6. The van der Waals surface area contributed by atoms with E-state index in [1.165, 1.54) is 10.6 Å². The van der Waals surface area contributed by atoms with E-state index in [9.17, 15) is 19.2 Å². The monoisotopic (exact) mass is 818 g/mol. The SMILES string of the molecule is CNC(=O)C(CCC=O)N1Cc2cc(N3CCN(C4CN(c5cccc(SN6CCC(Nc7ncc8ccc(=O)n(C9CCCC9)c8n7)CC6)c5)C4)CC3)ccc2C1=O. The molecule has 6 heterocycles. The minimum atomic E-state index is -0.656. The highest BCUT2D eigenvalue weighted by atomic mass is 32.2. The molecular formula is C44H54N10O4S. The van der Waals surface area contributed by atoms with Gasteiger partial charge in [0.1, 0.15) is 18.0 Å². The van der Waals surface area contributed by atoms with Crippen molar-refractivity contribution in [2.24, 2.45) is 0 Å². The third-order valence-electron chi connectivity index (χ3n) is 13.0. The zero-order chi connectivity index (χ0) is 40.5. The van der Waals surface area contributed by atoms with E-state index >= 15 is 0 Å². The molecule has 4 aromatic rings. The van der Waals surface area contributed by atoms with Crippen molar-refractivity contribution in [1.82, 2.24) is 34.0 Å². The van der Waals surface area contributed by atoms with Crippen molar-refractivity contribution in [2.75, 3.05) is 74.5 Å². The maximum Gasteiger partial charge on any atom is 0.255 e. The van der Waals surface area contributed by atoms with E-state index in [4.69, 9.17) is 4.98 Å². The van der Waals surface area contributed by atoms with Gasteiger partial charge in [-0.1, -0.05) is 18.9 Å². The predicted octanol–water partition coefficient (Wildman–Crippen LogP) is 4.55. The topological polar surface area (TPSA) is 139 Å². The first-order valence-electron chi connectivity index (χ1n) is 21.4. The number of hydrogen-bond donors (Lipinski definition) is 2. The lowest BCUT2D eigenvalue weighted by Crippen LogP contribution is -2.63. The van der Waals surface area contributed by atoms with Gasteiger partial charge in [0.05, 0.1) is 0 Å². The lowest BCUT2D eigenvalue weighted by atomic mass is 10.0. The molecule has 5 aliphatic rings. The average Bonchev–Trinajstić information content (AvgIpc) is 3.89. The Morgan fingerprint density at radius 3 is 2.44 bits per heavy atom. The fourth-order valence-corrected chi connectivity index (χ4v) is 10.6. The number of anilines is 3. The van der Waals surface area contributed by atoms with E-state index in [0.717, 1.165) is 119 Å². The Bertz CT molecular complexity index is 2240. The minimum absolute atomic E-state index is 0.0271. The van der Waals surface area contributed by atoms with Gasteiger partial charge in [-0.2, -0.15) is 4.98 Å². The number of nitrogens with one attached hydrogen (secondary N) is 2. The van der Waals surface area contributed by atoms with Crippen LogP contribution < -0.4 is 26.0 Å². The molecule has 59 heavy (non-hydrogen) atoms. The molecule has 2 aromatic carbocycles. The van der Waals surface area contributed by atoms with Gasteiger partial charge in [-0.15, -0.1) is 0 Å². The third-order valence-corrected chi connectivity index (χ3v) is 14.1. The number of piperidine rings is 1. The van der Waals surface area contributed by atoms with Gasteiger partial charge in [0.25, 0.3) is 11.5 Å². The highest BCUT2D eigenvalue weighted by Crippen LogP contribution is 2.34. The van der Waals surface area contributed by atoms with Crippen LogP contribution >= 0.6 is 11.9 Å². The van der Waals surface area contributed by atoms with Crippen LogP contribution in [0.3, 0.4) is 0 Å². The molecule has 2 N–H and O–H groups in total. The van der Waals surface area contributed by atoms with Gasteiger partial charge in [0.15, 0.2) is 0 Å². The van der Waals surface area contributed by atoms with Crippen LogP contribution in [-0.4, -0.2) is 124 Å². The number of piperazine rings is 1. The largest absolute Gasteiger partial charge is 0.369 e. The summed E-state index contributed by atoms with van der Waals surface area (Å²) in [7, 11) is 1.56. The van der Waals surface area contributed by atoms with Gasteiger partial charge in [-0.05, 0) is 92.1 Å². The number of likely N-dealkylation sites (N-methyl/N-ethyl adjacent to an activating group) is 1. The van der Waals surface area contributed by atoms with Gasteiger partial charge >= 0.3 is 0 Å². The van der Waals surface area contributed by atoms with Crippen molar-refractivity contribution in [3.8, 4) is 0 Å². The van der Waals surface area contributed by atoms with E-state index < -0.39 is 6.04 Å². The van der Waals surface area contributed by atoms with Gasteiger partial charge in [-0.25, -0.2) is 9.29 Å². The van der Waals surface area contributed by atoms with E-state index in [2.05, 4.69) is 65.0 Å². The number of nitrogens with zero attached hydrogens (tertiary/aromatic N) is 8. The summed E-state index contributed by atoms with van der Waals surface area (Å²) in [5.41, 5.74) is 4.74. The molecule has 2 aromatic heterocycles. The number of benzene rings is 2. The maximum atomic E-state index is 13.3. The van der Waals surface area contributed by atoms with Crippen LogP contribution in [0.5, 0.6) is 0 Å². The number of pyridine rings is 1. The second kappa shape index (κ2) is 17.3. The standard InChI is InChI=1S/C44H54N10O4S/c1-45-42(57)39(10-5-23-55)53-27-31-24-35(12-13-38(31)43(53)58)49-19-21-50(22-20-49)36-28-51(29-36)34-8-4-9-37(25-34)59-52-17-15-32(16-18-52)47-44-46-26-30-11-14-40(56)54(41(30)48-44)33-6-2-3-7-33/h4,8-9,11-14,23-26,32-33,36,39H,2-3,5-7,10,15-22,27-29H2,1H3,(H,45,57)(H,46,47,48). The fraction of sp³-hybridized carbons (Fsp3) is 0.500. The van der Waals surface area contributed by atoms with Crippen molar-refractivity contribution >= 4 is 58.4 Å². The Morgan fingerprint density at radius 1 is 0.898 bits per heavy atom. The number of amides is 2. The van der Waals surface area contributed by atoms with E-state index in [-0.39, 0.29) is 35.9 Å². The van der Waals surface area contributed by atoms with Gasteiger partial charge in [0.2, 0.25) is 11.9 Å². The predicted molar refractivity (Wildman–Crippen MR) is 231 cm³/mol. The van der Waals surface area contributed by atoms with Crippen LogP contribution in [0.1, 0.15) is 73.3 Å². The third kappa shape index (κ3) is 8.29. The number of fused-ring (bicyclic) bond motifs is 2. The van der Waals surface area contributed by atoms with Crippen LogP contribution in [0.25, 0.3) is 11.0 Å². The Kier molecular flexibility index (Phi) is 11.6. The molecule has 0 spiro atoms. The lowest BCUT2D eigenvalue weighted by Gasteiger charge is -2.49. The summed E-state index contributed by atoms with van der Waals surface area (Å²) in [5.74, 6) is 0.219. The zero-order valence-corrected chi connectivity index (χ0v) is 34.6. The molecule has 1 aliphatic carbocycles. The quantitative estimate of drug-likeness (QED) is 0.145. The summed E-state index contributed by atoms with van der Waals surface area (Å²) >= 11 is 1.84. The Labute approximate surface area is 349 Å². The number of carbonyl (C=O) groups is 3. The smallest absolute Gasteiger partial charge is 0.255 e. The van der Waals surface area contributed by atoms with Crippen molar-refractivity contribution in [1.29, 1.82) is 0 Å². The summed E-state index contributed by atoms with van der Waals surface area (Å²) in [5, 5.41) is 7.14. The summed E-state index contributed by atoms with van der Waals surface area (Å²) < 4.78 is 4.36. The Hall–Kier alpha value is -4.99. The molecule has 4 fully saturated rings. The van der Waals surface area contributed by atoms with Crippen LogP contribution in [-0.2, 0) is 16.1 Å². The van der Waals surface area contributed by atoms with Gasteiger partial charge < -0.3 is 30.1 Å². The maximum absolute atomic E-state index is 13.3. The number of rotatable bonds is 13. The van der Waals surface area contributed by atoms with Crippen LogP contribution in [0.15, 0.2) is 70.5 Å². The lowest BCUT2D eigenvalue weighted by molar-refractivity contribution is -0.125. The molecular weight excluding hydrogens is 765 g/mol. The van der Waals surface area contributed by atoms with E-state index in [1.807, 2.05) is 40.9 Å². The fourth-order valence-electron chi connectivity index (χ4n) is 9.62. The average molecular weight is 819 g/mol. The van der Waals surface area contributed by atoms with E-state index in [1.54, 1.807) is 18.0 Å². The summed E-state index contributed by atoms with van der Waals surface area (Å²) in [6, 6.07) is 18.8. The molecule has 0 bridgehead atoms. The second-order valence-electron chi connectivity index (χ2n) is 16.6. The molecule has 1 unspecified atom stereocenters. The number of aldehydes is 1. The van der Waals surface area contributed by atoms with Gasteiger partial charge in [-0.3, -0.25) is 23.9 Å². The summed E-state index contributed by atoms with van der Waals surface area (Å²) in [6.45, 7) is 8.16. The normalized spacial score (nSPS) is 20.2. The minimum Gasteiger partial charge on any atom is -0.369 e. The molecule has 9 rings (SSSR count). The number of aromatic nitrogens is 3. The number of hydrogen-bond acceptors (Lipinski definition) is 12. The summed E-state index contributed by atoms with van der Waals surface area (Å²) in [6.07, 6.45) is 9.56. The van der Waals surface area contributed by atoms with Crippen molar-refractivity contribution in [3.05, 3.63) is 82.3 Å². The first kappa shape index (κ1) is 39.5. The molecule has 2 amide bonds. The molecule has 15 heteroatoms. The zero-order valence-electron chi connectivity index (χ0n) is 33.8. The van der Waals surface area contributed by atoms with Crippen LogP contribution in [0, 0.1) is 0 Å². The first-order valence-corrected chi connectivity index (χ1v) is 22.1. The van der Waals surface area contributed by atoms with Crippen molar-refractivity contribution < 1.29 is 14.4 Å². The molecule has 310 valence electrons. The van der Waals surface area contributed by atoms with Crippen LogP contribution in [0.4, 0.5) is 17.3 Å². The van der Waals surface area contributed by atoms with Crippen molar-refractivity contribution in [3.63, 3.8) is 0 Å². The molecule has 1 saturated carbocycles. The highest BCUT2D eigenvalue weighted by Gasteiger charge is 2.37. The molecule has 4 aliphatic heterocycles. The van der Waals surface area contributed by atoms with Crippen molar-refractivity contribution in [2.45, 2.75) is 87.0 Å². The molecule has 0 radical (unpaired) electrons. The number of carbonyl (C=O) groups excluding carboxylic acids is 3. The van der Waals surface area contributed by atoms with Crippen LogP contribution in [0.2, 0.25) is 0 Å². The molecule has 14 nitrogen and oxygen atoms in total. The highest BCUT2D eigenvalue weighted by molar-refractivity contribution is 7.97. The Balaban J connectivity index is 0.733.